The highest BCUT2D eigenvalue weighted by molar-refractivity contribution is 6.30. The molecule has 0 bridgehead atoms. The maximum Gasteiger partial charge on any atom is 0.155 e. The van der Waals surface area contributed by atoms with Crippen LogP contribution in [0, 0.1) is 13.8 Å². The molecule has 0 atom stereocenters. The molecular formula is C13H13Cl2N3. The zero-order chi connectivity index (χ0) is 13.1. The van der Waals surface area contributed by atoms with Gasteiger partial charge in [-0.05, 0) is 42.7 Å². The highest BCUT2D eigenvalue weighted by Crippen LogP contribution is 2.21. The Kier molecular flexibility index (Phi) is 4.04. The van der Waals surface area contributed by atoms with Crippen molar-refractivity contribution in [3.63, 3.8) is 0 Å². The van der Waals surface area contributed by atoms with Crippen LogP contribution in [0.1, 0.15) is 16.7 Å². The van der Waals surface area contributed by atoms with Crippen LogP contribution in [0.15, 0.2) is 24.3 Å². The molecule has 0 aliphatic heterocycles. The molecule has 0 aliphatic rings. The molecule has 1 heterocycles. The molecule has 0 aliphatic carbocycles. The molecule has 0 saturated heterocycles. The molecule has 94 valence electrons. The minimum absolute atomic E-state index is 0.449. The predicted molar refractivity (Wildman–Crippen MR) is 75.3 cm³/mol. The van der Waals surface area contributed by atoms with Crippen molar-refractivity contribution in [3.05, 3.63) is 51.1 Å². The number of halogens is 2. The number of hydrogen-bond acceptors (Lipinski definition) is 3. The summed E-state index contributed by atoms with van der Waals surface area (Å²) in [6, 6.07) is 7.68. The lowest BCUT2D eigenvalue weighted by Gasteiger charge is -2.10. The Hall–Kier alpha value is -1.32. The first kappa shape index (κ1) is 13.1. The van der Waals surface area contributed by atoms with Gasteiger partial charge in [-0.25, -0.2) is 0 Å². The average molecular weight is 282 g/mol. The summed E-state index contributed by atoms with van der Waals surface area (Å²) in [7, 11) is 0. The summed E-state index contributed by atoms with van der Waals surface area (Å²) in [5.41, 5.74) is 3.10. The number of nitrogens with zero attached hydrogens (tertiary/aromatic N) is 2. The quantitative estimate of drug-likeness (QED) is 0.924. The van der Waals surface area contributed by atoms with Gasteiger partial charge >= 0.3 is 0 Å². The maximum atomic E-state index is 5.90. The van der Waals surface area contributed by atoms with Crippen molar-refractivity contribution in [1.82, 2.24) is 10.2 Å². The number of aromatic nitrogens is 2. The Morgan fingerprint density at radius 3 is 2.33 bits per heavy atom. The fraction of sp³-hybridized carbons (Fsp3) is 0.231. The van der Waals surface area contributed by atoms with E-state index in [0.717, 1.165) is 27.5 Å². The Labute approximate surface area is 116 Å². The largest absolute Gasteiger partial charge is 0.364 e. The van der Waals surface area contributed by atoms with Crippen LogP contribution in [0.4, 0.5) is 5.82 Å². The van der Waals surface area contributed by atoms with Crippen LogP contribution >= 0.6 is 23.2 Å². The monoisotopic (exact) mass is 281 g/mol. The summed E-state index contributed by atoms with van der Waals surface area (Å²) >= 11 is 11.7. The normalized spacial score (nSPS) is 10.4. The van der Waals surface area contributed by atoms with Gasteiger partial charge in [0.25, 0.3) is 0 Å². The standard InChI is InChI=1S/C13H13Cl2N3/c1-8-9(2)13(18-17-12(8)15)16-7-10-3-5-11(14)6-4-10/h3-6H,7H2,1-2H3,(H,16,18). The summed E-state index contributed by atoms with van der Waals surface area (Å²) in [4.78, 5) is 0. The number of anilines is 1. The van der Waals surface area contributed by atoms with E-state index in [4.69, 9.17) is 23.2 Å². The van der Waals surface area contributed by atoms with Crippen molar-refractivity contribution in [2.45, 2.75) is 20.4 Å². The van der Waals surface area contributed by atoms with Crippen molar-refractivity contribution in [2.75, 3.05) is 5.32 Å². The fourth-order valence-corrected chi connectivity index (χ4v) is 1.84. The smallest absolute Gasteiger partial charge is 0.155 e. The molecule has 1 N–H and O–H groups in total. The Bertz CT molecular complexity index is 553. The van der Waals surface area contributed by atoms with E-state index in [1.807, 2.05) is 38.1 Å². The van der Waals surface area contributed by atoms with Gasteiger partial charge in [0, 0.05) is 11.6 Å². The molecule has 1 aromatic heterocycles. The van der Waals surface area contributed by atoms with E-state index in [-0.39, 0.29) is 0 Å². The molecule has 1 aromatic carbocycles. The van der Waals surface area contributed by atoms with Gasteiger partial charge < -0.3 is 5.32 Å². The lowest BCUT2D eigenvalue weighted by molar-refractivity contribution is 0.971. The third kappa shape index (κ3) is 2.92. The molecule has 18 heavy (non-hydrogen) atoms. The van der Waals surface area contributed by atoms with E-state index >= 15 is 0 Å². The molecule has 2 aromatic rings. The molecule has 0 spiro atoms. The predicted octanol–water partition coefficient (Wildman–Crippen LogP) is 4.01. The minimum Gasteiger partial charge on any atom is -0.364 e. The molecule has 3 nitrogen and oxygen atoms in total. The van der Waals surface area contributed by atoms with Crippen molar-refractivity contribution in [1.29, 1.82) is 0 Å². The fourth-order valence-electron chi connectivity index (χ4n) is 1.53. The molecule has 2 rings (SSSR count). The summed E-state index contributed by atoms with van der Waals surface area (Å²) in [5, 5.41) is 12.4. The molecule has 0 fully saturated rings. The number of nitrogens with one attached hydrogen (secondary N) is 1. The van der Waals surface area contributed by atoms with E-state index in [9.17, 15) is 0 Å². The minimum atomic E-state index is 0.449. The number of rotatable bonds is 3. The molecule has 0 unspecified atom stereocenters. The van der Waals surface area contributed by atoms with E-state index < -0.39 is 0 Å². The van der Waals surface area contributed by atoms with Crippen LogP contribution in [0.25, 0.3) is 0 Å². The molecular weight excluding hydrogens is 269 g/mol. The van der Waals surface area contributed by atoms with Gasteiger partial charge in [0.2, 0.25) is 0 Å². The number of hydrogen-bond donors (Lipinski definition) is 1. The van der Waals surface area contributed by atoms with Gasteiger partial charge in [-0.3, -0.25) is 0 Å². The van der Waals surface area contributed by atoms with Crippen molar-refractivity contribution in [2.24, 2.45) is 0 Å². The van der Waals surface area contributed by atoms with Crippen molar-refractivity contribution < 1.29 is 0 Å². The third-order valence-corrected chi connectivity index (χ3v) is 3.45. The lowest BCUT2D eigenvalue weighted by Crippen LogP contribution is -2.05. The summed E-state index contributed by atoms with van der Waals surface area (Å²) < 4.78 is 0. The lowest BCUT2D eigenvalue weighted by atomic mass is 10.2. The van der Waals surface area contributed by atoms with Crippen molar-refractivity contribution >= 4 is 29.0 Å². The Morgan fingerprint density at radius 2 is 1.67 bits per heavy atom. The zero-order valence-corrected chi connectivity index (χ0v) is 11.7. The van der Waals surface area contributed by atoms with Crippen LogP contribution in [0.5, 0.6) is 0 Å². The van der Waals surface area contributed by atoms with E-state index in [1.165, 1.54) is 0 Å². The highest BCUT2D eigenvalue weighted by Gasteiger charge is 2.07. The number of benzene rings is 1. The highest BCUT2D eigenvalue weighted by atomic mass is 35.5. The van der Waals surface area contributed by atoms with Gasteiger partial charge in [-0.2, -0.15) is 0 Å². The van der Waals surface area contributed by atoms with Gasteiger partial charge in [0.15, 0.2) is 11.0 Å². The van der Waals surface area contributed by atoms with Crippen LogP contribution in [0.3, 0.4) is 0 Å². The van der Waals surface area contributed by atoms with Gasteiger partial charge in [0.05, 0.1) is 0 Å². The second kappa shape index (κ2) is 5.55. The molecule has 0 radical (unpaired) electrons. The summed E-state index contributed by atoms with van der Waals surface area (Å²) in [5.74, 6) is 0.756. The van der Waals surface area contributed by atoms with Crippen LogP contribution in [-0.4, -0.2) is 10.2 Å². The summed E-state index contributed by atoms with van der Waals surface area (Å²) in [6.45, 7) is 4.58. The second-order valence-electron chi connectivity index (χ2n) is 4.07. The maximum absolute atomic E-state index is 5.90. The van der Waals surface area contributed by atoms with Gasteiger partial charge in [0.1, 0.15) is 0 Å². The topological polar surface area (TPSA) is 37.8 Å². The Balaban J connectivity index is 2.11. The van der Waals surface area contributed by atoms with Gasteiger partial charge in [-0.1, -0.05) is 35.3 Å². The average Bonchev–Trinajstić information content (AvgIpc) is 2.37. The summed E-state index contributed by atoms with van der Waals surface area (Å²) in [6.07, 6.45) is 0. The molecule has 5 heteroatoms. The Morgan fingerprint density at radius 1 is 1.00 bits per heavy atom. The molecule has 0 amide bonds. The van der Waals surface area contributed by atoms with Crippen molar-refractivity contribution in [3.8, 4) is 0 Å². The van der Waals surface area contributed by atoms with E-state index in [1.54, 1.807) is 0 Å². The first-order chi connectivity index (χ1) is 8.58. The first-order valence-corrected chi connectivity index (χ1v) is 6.31. The SMILES string of the molecule is Cc1c(Cl)nnc(NCc2ccc(Cl)cc2)c1C. The molecule has 0 saturated carbocycles. The van der Waals surface area contributed by atoms with E-state index in [2.05, 4.69) is 15.5 Å². The van der Waals surface area contributed by atoms with Crippen LogP contribution in [-0.2, 0) is 6.54 Å². The second-order valence-corrected chi connectivity index (χ2v) is 4.86. The first-order valence-electron chi connectivity index (χ1n) is 5.55. The third-order valence-electron chi connectivity index (χ3n) is 2.84. The zero-order valence-electron chi connectivity index (χ0n) is 10.2. The van der Waals surface area contributed by atoms with Crippen LogP contribution in [0.2, 0.25) is 10.2 Å². The van der Waals surface area contributed by atoms with Gasteiger partial charge in [-0.15, -0.1) is 10.2 Å². The van der Waals surface area contributed by atoms with Crippen LogP contribution < -0.4 is 5.32 Å². The van der Waals surface area contributed by atoms with E-state index in [0.29, 0.717) is 11.7 Å².